The maximum Gasteiger partial charge on any atom is 0.326 e. The van der Waals surface area contributed by atoms with Crippen LogP contribution >= 0.6 is 0 Å². The molecule has 0 aromatic heterocycles. The van der Waals surface area contributed by atoms with Crippen molar-refractivity contribution in [3.63, 3.8) is 0 Å². The predicted molar refractivity (Wildman–Crippen MR) is 92.3 cm³/mol. The topological polar surface area (TPSA) is 84.9 Å². The van der Waals surface area contributed by atoms with Crippen molar-refractivity contribution in [2.75, 3.05) is 13.7 Å². The number of nitrogens with one attached hydrogen (secondary N) is 1. The van der Waals surface area contributed by atoms with Gasteiger partial charge in [-0.1, -0.05) is 38.0 Å². The summed E-state index contributed by atoms with van der Waals surface area (Å²) in [5, 5.41) is 11.6. The fourth-order valence-corrected chi connectivity index (χ4v) is 2.14. The highest BCUT2D eigenvalue weighted by Crippen LogP contribution is 2.28. The lowest BCUT2D eigenvalue weighted by Gasteiger charge is -2.15. The summed E-state index contributed by atoms with van der Waals surface area (Å²) in [6.45, 7) is 3.61. The van der Waals surface area contributed by atoms with Crippen LogP contribution in [0.15, 0.2) is 24.3 Å². The second-order valence-electron chi connectivity index (χ2n) is 5.30. The van der Waals surface area contributed by atoms with Crippen LogP contribution in [0, 0.1) is 0 Å². The van der Waals surface area contributed by atoms with Crippen LogP contribution in [0.3, 0.4) is 0 Å². The molecule has 6 nitrogen and oxygen atoms in total. The molecule has 1 aromatic carbocycles. The summed E-state index contributed by atoms with van der Waals surface area (Å²) in [4.78, 5) is 23.0. The molecule has 0 heterocycles. The normalized spacial score (nSPS) is 12.0. The SMILES string of the molecule is C/C=C/c1ccc(OCC(=O)NC(CCCC)C(=O)O)c(OC)c1. The van der Waals surface area contributed by atoms with Gasteiger partial charge in [0.05, 0.1) is 7.11 Å². The minimum absolute atomic E-state index is 0.269. The van der Waals surface area contributed by atoms with E-state index in [1.165, 1.54) is 7.11 Å². The van der Waals surface area contributed by atoms with Gasteiger partial charge in [-0.15, -0.1) is 0 Å². The van der Waals surface area contributed by atoms with Crippen molar-refractivity contribution >= 4 is 18.0 Å². The Morgan fingerprint density at radius 3 is 2.67 bits per heavy atom. The molecule has 132 valence electrons. The van der Waals surface area contributed by atoms with Gasteiger partial charge >= 0.3 is 5.97 Å². The van der Waals surface area contributed by atoms with Gasteiger partial charge in [0.2, 0.25) is 0 Å². The molecule has 24 heavy (non-hydrogen) atoms. The molecule has 2 N–H and O–H groups in total. The van der Waals surface area contributed by atoms with E-state index in [4.69, 9.17) is 14.6 Å². The number of carboxylic acids is 1. The number of benzene rings is 1. The van der Waals surface area contributed by atoms with Crippen molar-refractivity contribution in [2.45, 2.75) is 39.2 Å². The molecule has 0 aliphatic heterocycles. The summed E-state index contributed by atoms with van der Waals surface area (Å²) in [6, 6.07) is 4.47. The summed E-state index contributed by atoms with van der Waals surface area (Å²) >= 11 is 0. The maximum absolute atomic E-state index is 11.9. The molecule has 6 heteroatoms. The summed E-state index contributed by atoms with van der Waals surface area (Å²) in [6.07, 6.45) is 5.83. The van der Waals surface area contributed by atoms with Crippen LogP contribution in [0.5, 0.6) is 11.5 Å². The van der Waals surface area contributed by atoms with Crippen molar-refractivity contribution in [1.29, 1.82) is 0 Å². The highest BCUT2D eigenvalue weighted by molar-refractivity contribution is 5.84. The lowest BCUT2D eigenvalue weighted by Crippen LogP contribution is -2.42. The first-order valence-corrected chi connectivity index (χ1v) is 7.97. The van der Waals surface area contributed by atoms with Crippen LogP contribution in [0.1, 0.15) is 38.7 Å². The van der Waals surface area contributed by atoms with E-state index in [9.17, 15) is 9.59 Å². The molecule has 1 amide bonds. The number of rotatable bonds is 10. The molecular weight excluding hydrogens is 310 g/mol. The fraction of sp³-hybridized carbons (Fsp3) is 0.444. The first kappa shape index (κ1) is 19.5. The smallest absolute Gasteiger partial charge is 0.326 e. The average molecular weight is 335 g/mol. The number of carbonyl (C=O) groups excluding carboxylic acids is 1. The molecule has 1 aromatic rings. The monoisotopic (exact) mass is 335 g/mol. The Hall–Kier alpha value is -2.50. The number of amides is 1. The molecule has 0 bridgehead atoms. The van der Waals surface area contributed by atoms with Crippen LogP contribution in [-0.4, -0.2) is 36.7 Å². The van der Waals surface area contributed by atoms with Gasteiger partial charge in [-0.25, -0.2) is 4.79 Å². The van der Waals surface area contributed by atoms with Gasteiger partial charge < -0.3 is 19.9 Å². The van der Waals surface area contributed by atoms with E-state index in [1.54, 1.807) is 12.1 Å². The quantitative estimate of drug-likeness (QED) is 0.687. The number of hydrogen-bond acceptors (Lipinski definition) is 4. The minimum atomic E-state index is -1.04. The first-order valence-electron chi connectivity index (χ1n) is 7.97. The molecule has 0 saturated carbocycles. The van der Waals surface area contributed by atoms with Crippen LogP contribution in [-0.2, 0) is 9.59 Å². The predicted octanol–water partition coefficient (Wildman–Crippen LogP) is 2.87. The lowest BCUT2D eigenvalue weighted by atomic mass is 10.1. The third kappa shape index (κ3) is 6.32. The van der Waals surface area contributed by atoms with Gasteiger partial charge in [-0.05, 0) is 31.0 Å². The zero-order valence-electron chi connectivity index (χ0n) is 14.4. The Morgan fingerprint density at radius 1 is 1.33 bits per heavy atom. The van der Waals surface area contributed by atoms with Crippen molar-refractivity contribution in [3.05, 3.63) is 29.8 Å². The molecule has 0 aliphatic rings. The number of carboxylic acid groups (broad SMARTS) is 1. The summed E-state index contributed by atoms with van der Waals surface area (Å²) in [5.74, 6) is -0.566. The van der Waals surface area contributed by atoms with Gasteiger partial charge in [0, 0.05) is 0 Å². The van der Waals surface area contributed by atoms with Gasteiger partial charge in [0.15, 0.2) is 18.1 Å². The Bertz CT molecular complexity index is 583. The van der Waals surface area contributed by atoms with E-state index in [0.717, 1.165) is 18.4 Å². The molecule has 1 unspecified atom stereocenters. The summed E-state index contributed by atoms with van der Waals surface area (Å²) in [7, 11) is 1.52. The number of ether oxygens (including phenoxy) is 2. The van der Waals surface area contributed by atoms with Crippen molar-refractivity contribution < 1.29 is 24.2 Å². The largest absolute Gasteiger partial charge is 0.493 e. The van der Waals surface area contributed by atoms with Crippen molar-refractivity contribution in [1.82, 2.24) is 5.32 Å². The Balaban J connectivity index is 2.64. The summed E-state index contributed by atoms with van der Waals surface area (Å²) < 4.78 is 10.7. The Labute approximate surface area is 142 Å². The highest BCUT2D eigenvalue weighted by atomic mass is 16.5. The number of allylic oxidation sites excluding steroid dienone is 1. The van der Waals surface area contributed by atoms with E-state index < -0.39 is 17.9 Å². The number of unbranched alkanes of at least 4 members (excludes halogenated alkanes) is 1. The lowest BCUT2D eigenvalue weighted by molar-refractivity contribution is -0.142. The highest BCUT2D eigenvalue weighted by Gasteiger charge is 2.19. The van der Waals surface area contributed by atoms with Gasteiger partial charge in [-0.2, -0.15) is 0 Å². The van der Waals surface area contributed by atoms with Crippen LogP contribution < -0.4 is 14.8 Å². The molecule has 0 saturated heterocycles. The van der Waals surface area contributed by atoms with Crippen molar-refractivity contribution in [3.8, 4) is 11.5 Å². The van der Waals surface area contributed by atoms with Gasteiger partial charge in [-0.3, -0.25) is 4.79 Å². The standard InChI is InChI=1S/C18H25NO5/c1-4-6-8-14(18(21)22)19-17(20)12-24-15-10-9-13(7-5-2)11-16(15)23-3/h5,7,9-11,14H,4,6,8,12H2,1-3H3,(H,19,20)(H,21,22)/b7-5+. The van der Waals surface area contributed by atoms with Crippen LogP contribution in [0.4, 0.5) is 0 Å². The van der Waals surface area contributed by atoms with Crippen LogP contribution in [0.2, 0.25) is 0 Å². The first-order chi connectivity index (χ1) is 11.5. The maximum atomic E-state index is 11.9. The zero-order valence-corrected chi connectivity index (χ0v) is 14.4. The molecule has 0 spiro atoms. The van der Waals surface area contributed by atoms with Gasteiger partial charge in [0.1, 0.15) is 6.04 Å². The molecular formula is C18H25NO5. The molecule has 0 aliphatic carbocycles. The molecule has 1 rings (SSSR count). The summed E-state index contributed by atoms with van der Waals surface area (Å²) in [5.41, 5.74) is 0.955. The number of methoxy groups -OCH3 is 1. The van der Waals surface area contributed by atoms with E-state index in [-0.39, 0.29) is 6.61 Å². The molecule has 0 fully saturated rings. The van der Waals surface area contributed by atoms with E-state index in [0.29, 0.717) is 17.9 Å². The van der Waals surface area contributed by atoms with Crippen molar-refractivity contribution in [2.24, 2.45) is 0 Å². The fourth-order valence-electron chi connectivity index (χ4n) is 2.14. The third-order valence-corrected chi connectivity index (χ3v) is 3.39. The Kier molecular flexibility index (Phi) is 8.39. The number of hydrogen-bond donors (Lipinski definition) is 2. The number of carbonyl (C=O) groups is 2. The zero-order chi connectivity index (χ0) is 17.9. The van der Waals surface area contributed by atoms with E-state index >= 15 is 0 Å². The van der Waals surface area contributed by atoms with Gasteiger partial charge in [0.25, 0.3) is 5.91 Å². The van der Waals surface area contributed by atoms with E-state index in [1.807, 2.05) is 32.1 Å². The second kappa shape index (κ2) is 10.3. The third-order valence-electron chi connectivity index (χ3n) is 3.39. The average Bonchev–Trinajstić information content (AvgIpc) is 2.57. The number of aliphatic carboxylic acids is 1. The molecule has 0 radical (unpaired) electrons. The van der Waals surface area contributed by atoms with E-state index in [2.05, 4.69) is 5.32 Å². The minimum Gasteiger partial charge on any atom is -0.493 e. The molecule has 1 atom stereocenters. The Morgan fingerprint density at radius 2 is 2.08 bits per heavy atom. The second-order valence-corrected chi connectivity index (χ2v) is 5.30. The van der Waals surface area contributed by atoms with Crippen LogP contribution in [0.25, 0.3) is 6.08 Å².